The van der Waals surface area contributed by atoms with E-state index in [2.05, 4.69) is 18.0 Å². The Bertz CT molecular complexity index is 1440. The summed E-state index contributed by atoms with van der Waals surface area (Å²) < 4.78 is 6.50. The maximum atomic E-state index is 13.4. The average Bonchev–Trinajstić information content (AvgIpc) is 3.42. The Labute approximate surface area is 207 Å². The molecule has 7 heteroatoms. The largest absolute Gasteiger partial charge is 0.507 e. The number of thiazole rings is 1. The fourth-order valence-electron chi connectivity index (χ4n) is 4.29. The fourth-order valence-corrected chi connectivity index (χ4v) is 5.35. The number of carbonyl (C=O) groups excluding carboxylic acids is 2. The second kappa shape index (κ2) is 9.35. The molecular weight excluding hydrogens is 460 g/mol. The molecule has 0 bridgehead atoms. The van der Waals surface area contributed by atoms with Crippen molar-refractivity contribution in [2.24, 2.45) is 0 Å². The Morgan fingerprint density at radius 2 is 1.77 bits per heavy atom. The molecule has 0 saturated carbocycles. The molecule has 1 N–H and O–H groups in total. The number of aliphatic hydroxyl groups is 1. The predicted molar refractivity (Wildman–Crippen MR) is 138 cm³/mol. The summed E-state index contributed by atoms with van der Waals surface area (Å²) in [7, 11) is 0. The van der Waals surface area contributed by atoms with Gasteiger partial charge < -0.3 is 9.84 Å². The van der Waals surface area contributed by atoms with Crippen LogP contribution < -0.4 is 9.64 Å². The summed E-state index contributed by atoms with van der Waals surface area (Å²) in [6.45, 7) is 4.51. The fraction of sp³-hybridized carbons (Fsp3) is 0.179. The summed E-state index contributed by atoms with van der Waals surface area (Å²) in [5.41, 5.74) is 3.12. The third kappa shape index (κ3) is 4.08. The molecule has 1 unspecified atom stereocenters. The van der Waals surface area contributed by atoms with Gasteiger partial charge in [0.1, 0.15) is 11.5 Å². The zero-order chi connectivity index (χ0) is 24.5. The van der Waals surface area contributed by atoms with Crippen molar-refractivity contribution in [1.82, 2.24) is 4.98 Å². The first-order chi connectivity index (χ1) is 17.0. The van der Waals surface area contributed by atoms with Crippen LogP contribution in [0.25, 0.3) is 16.0 Å². The van der Waals surface area contributed by atoms with Crippen LogP contribution in [0, 0.1) is 0 Å². The van der Waals surface area contributed by atoms with Crippen molar-refractivity contribution in [2.75, 3.05) is 11.5 Å². The molecule has 3 aromatic carbocycles. The smallest absolute Gasteiger partial charge is 0.301 e. The van der Waals surface area contributed by atoms with Crippen molar-refractivity contribution >= 4 is 44.1 Å². The Kier molecular flexibility index (Phi) is 6.09. The molecule has 2 heterocycles. The van der Waals surface area contributed by atoms with Crippen LogP contribution in [0.3, 0.4) is 0 Å². The van der Waals surface area contributed by atoms with E-state index < -0.39 is 17.7 Å². The minimum Gasteiger partial charge on any atom is -0.507 e. The van der Waals surface area contributed by atoms with Gasteiger partial charge in [-0.15, -0.1) is 0 Å². The highest BCUT2D eigenvalue weighted by Crippen LogP contribution is 2.44. The number of hydrogen-bond acceptors (Lipinski definition) is 6. The van der Waals surface area contributed by atoms with Gasteiger partial charge in [0.05, 0.1) is 28.4 Å². The molecule has 1 aliphatic heterocycles. The third-order valence-corrected chi connectivity index (χ3v) is 7.07. The molecule has 35 heavy (non-hydrogen) atoms. The number of ether oxygens (including phenoxy) is 1. The number of carbonyl (C=O) groups is 2. The summed E-state index contributed by atoms with van der Waals surface area (Å²) >= 11 is 1.36. The normalized spacial score (nSPS) is 17.3. The van der Waals surface area contributed by atoms with Gasteiger partial charge in [0.2, 0.25) is 0 Å². The highest BCUT2D eigenvalue weighted by molar-refractivity contribution is 7.22. The first kappa shape index (κ1) is 22.8. The molecule has 5 rings (SSSR count). The van der Waals surface area contributed by atoms with Gasteiger partial charge in [0.15, 0.2) is 5.13 Å². The van der Waals surface area contributed by atoms with Crippen molar-refractivity contribution in [1.29, 1.82) is 0 Å². The number of amides is 1. The number of ketones is 1. The molecule has 6 nitrogen and oxygen atoms in total. The van der Waals surface area contributed by atoms with E-state index in [4.69, 9.17) is 4.74 Å². The lowest BCUT2D eigenvalue weighted by Crippen LogP contribution is -2.29. The molecule has 0 radical (unpaired) electrons. The molecule has 0 aliphatic carbocycles. The van der Waals surface area contributed by atoms with Crippen LogP contribution in [0.1, 0.15) is 36.6 Å². The van der Waals surface area contributed by atoms with Gasteiger partial charge in [-0.1, -0.05) is 66.8 Å². The monoisotopic (exact) mass is 484 g/mol. The van der Waals surface area contributed by atoms with Gasteiger partial charge in [0.25, 0.3) is 5.78 Å². The van der Waals surface area contributed by atoms with Gasteiger partial charge in [-0.2, -0.15) is 0 Å². The zero-order valence-electron chi connectivity index (χ0n) is 19.4. The zero-order valence-corrected chi connectivity index (χ0v) is 20.2. The van der Waals surface area contributed by atoms with Gasteiger partial charge >= 0.3 is 5.91 Å². The number of rotatable bonds is 6. The SMILES string of the molecule is CCOc1ccc(C2C(=C(O)c3ccccc3)C(=O)C(=O)N2c2nc3ccc(CC)cc3s2)cc1. The van der Waals surface area contributed by atoms with Crippen molar-refractivity contribution < 1.29 is 19.4 Å². The third-order valence-electron chi connectivity index (χ3n) is 6.05. The molecule has 1 atom stereocenters. The average molecular weight is 485 g/mol. The van der Waals surface area contributed by atoms with Crippen LogP contribution in [0.2, 0.25) is 0 Å². The van der Waals surface area contributed by atoms with Crippen molar-refractivity contribution in [3.63, 3.8) is 0 Å². The van der Waals surface area contributed by atoms with Crippen LogP contribution in [-0.4, -0.2) is 28.4 Å². The summed E-state index contributed by atoms with van der Waals surface area (Å²) in [5, 5.41) is 11.6. The van der Waals surface area contributed by atoms with Gasteiger partial charge in [-0.05, 0) is 48.7 Å². The van der Waals surface area contributed by atoms with E-state index in [9.17, 15) is 14.7 Å². The number of Topliss-reactive ketones (excluding diaryl/α,β-unsaturated/α-hetero) is 1. The van der Waals surface area contributed by atoms with Crippen molar-refractivity contribution in [2.45, 2.75) is 26.3 Å². The molecule has 4 aromatic rings. The molecule has 1 amide bonds. The van der Waals surface area contributed by atoms with E-state index in [1.807, 2.05) is 37.3 Å². The topological polar surface area (TPSA) is 79.7 Å². The van der Waals surface area contributed by atoms with E-state index in [-0.39, 0.29) is 11.3 Å². The number of hydrogen-bond donors (Lipinski definition) is 1. The number of aliphatic hydroxyl groups excluding tert-OH is 1. The van der Waals surface area contributed by atoms with E-state index in [0.717, 1.165) is 16.6 Å². The summed E-state index contributed by atoms with van der Waals surface area (Å²) in [5.74, 6) is -0.974. The number of aromatic nitrogens is 1. The lowest BCUT2D eigenvalue weighted by atomic mass is 9.95. The number of benzene rings is 3. The molecule has 176 valence electrons. The number of anilines is 1. The predicted octanol–water partition coefficient (Wildman–Crippen LogP) is 5.88. The maximum absolute atomic E-state index is 13.4. The number of aryl methyl sites for hydroxylation is 1. The first-order valence-corrected chi connectivity index (χ1v) is 12.3. The van der Waals surface area contributed by atoms with Crippen LogP contribution >= 0.6 is 11.3 Å². The molecule has 0 spiro atoms. The summed E-state index contributed by atoms with van der Waals surface area (Å²) in [6, 6.07) is 21.2. The Balaban J connectivity index is 1.69. The van der Waals surface area contributed by atoms with E-state index in [0.29, 0.717) is 28.6 Å². The molecule has 1 aliphatic rings. The lowest BCUT2D eigenvalue weighted by molar-refractivity contribution is -0.132. The molecular formula is C28H24N2O4S. The second-order valence-corrected chi connectivity index (χ2v) is 9.20. The van der Waals surface area contributed by atoms with Crippen LogP contribution in [0.4, 0.5) is 5.13 Å². The highest BCUT2D eigenvalue weighted by atomic mass is 32.1. The van der Waals surface area contributed by atoms with Crippen LogP contribution in [0.5, 0.6) is 5.75 Å². The number of fused-ring (bicyclic) bond motifs is 1. The molecule has 1 saturated heterocycles. The maximum Gasteiger partial charge on any atom is 0.301 e. The Morgan fingerprint density at radius 1 is 1.03 bits per heavy atom. The summed E-state index contributed by atoms with van der Waals surface area (Å²) in [6.07, 6.45) is 0.886. The van der Waals surface area contributed by atoms with Crippen molar-refractivity contribution in [3.8, 4) is 5.75 Å². The standard InChI is InChI=1S/C28H24N2O4S/c1-3-17-10-15-21-22(16-17)35-28(29-21)30-24(18-11-13-20(14-12-18)34-4-2)23(26(32)27(30)33)25(31)19-8-6-5-7-9-19/h5-16,24,31H,3-4H2,1-2H3. The van der Waals surface area contributed by atoms with Gasteiger partial charge in [0, 0.05) is 5.56 Å². The first-order valence-electron chi connectivity index (χ1n) is 11.5. The van der Waals surface area contributed by atoms with Crippen molar-refractivity contribution in [3.05, 3.63) is 95.1 Å². The minimum atomic E-state index is -0.822. The molecule has 1 fully saturated rings. The van der Waals surface area contributed by atoms with Crippen LogP contribution in [0.15, 0.2) is 78.4 Å². The number of nitrogens with zero attached hydrogens (tertiary/aromatic N) is 2. The second-order valence-electron chi connectivity index (χ2n) is 8.19. The highest BCUT2D eigenvalue weighted by Gasteiger charge is 2.48. The lowest BCUT2D eigenvalue weighted by Gasteiger charge is -2.23. The van der Waals surface area contributed by atoms with Crippen LogP contribution in [-0.2, 0) is 16.0 Å². The summed E-state index contributed by atoms with van der Waals surface area (Å²) in [4.78, 5) is 32.8. The Morgan fingerprint density at radius 3 is 2.46 bits per heavy atom. The quantitative estimate of drug-likeness (QED) is 0.210. The molecule has 1 aromatic heterocycles. The van der Waals surface area contributed by atoms with E-state index in [1.165, 1.54) is 21.8 Å². The minimum absolute atomic E-state index is 0.0406. The van der Waals surface area contributed by atoms with E-state index in [1.54, 1.807) is 36.4 Å². The van der Waals surface area contributed by atoms with E-state index >= 15 is 0 Å². The Hall–Kier alpha value is -3.97. The van der Waals surface area contributed by atoms with Gasteiger partial charge in [-0.3, -0.25) is 14.5 Å². The van der Waals surface area contributed by atoms with Gasteiger partial charge in [-0.25, -0.2) is 4.98 Å².